The fraction of sp³-hybridized carbons (Fsp3) is 0.900. The van der Waals surface area contributed by atoms with Crippen LogP contribution in [-0.2, 0) is 4.79 Å². The summed E-state index contributed by atoms with van der Waals surface area (Å²) >= 11 is 0. The van der Waals surface area contributed by atoms with Gasteiger partial charge in [-0.3, -0.25) is 0 Å². The SMILES string of the molecule is CCC(C)(C=O)CC1CC(F)(F)C1. The van der Waals surface area contributed by atoms with Gasteiger partial charge in [0, 0.05) is 18.3 Å². The molecular weight excluding hydrogens is 174 g/mol. The Bertz CT molecular complexity index is 195. The van der Waals surface area contributed by atoms with Crippen LogP contribution in [0.2, 0.25) is 0 Å². The van der Waals surface area contributed by atoms with Crippen LogP contribution in [0.15, 0.2) is 0 Å². The van der Waals surface area contributed by atoms with E-state index in [1.54, 1.807) is 0 Å². The Hall–Kier alpha value is -0.470. The highest BCUT2D eigenvalue weighted by Gasteiger charge is 2.47. The third-order valence-corrected chi connectivity index (χ3v) is 3.02. The molecule has 0 heterocycles. The lowest BCUT2D eigenvalue weighted by molar-refractivity contribution is -0.130. The van der Waals surface area contributed by atoms with E-state index in [0.29, 0.717) is 6.42 Å². The first-order valence-electron chi connectivity index (χ1n) is 4.75. The molecule has 0 saturated heterocycles. The van der Waals surface area contributed by atoms with E-state index in [-0.39, 0.29) is 24.2 Å². The van der Waals surface area contributed by atoms with E-state index in [1.807, 2.05) is 13.8 Å². The van der Waals surface area contributed by atoms with Crippen LogP contribution < -0.4 is 0 Å². The molecule has 1 aliphatic carbocycles. The molecule has 1 unspecified atom stereocenters. The van der Waals surface area contributed by atoms with Crippen molar-refractivity contribution in [1.82, 2.24) is 0 Å². The van der Waals surface area contributed by atoms with Gasteiger partial charge >= 0.3 is 0 Å². The maximum absolute atomic E-state index is 12.5. The molecule has 76 valence electrons. The molecule has 13 heavy (non-hydrogen) atoms. The lowest BCUT2D eigenvalue weighted by atomic mass is 9.70. The molecule has 0 aromatic heterocycles. The Balaban J connectivity index is 2.38. The number of carbonyl (C=O) groups is 1. The van der Waals surface area contributed by atoms with Gasteiger partial charge in [-0.05, 0) is 18.8 Å². The third kappa shape index (κ3) is 2.48. The fourth-order valence-corrected chi connectivity index (χ4v) is 1.86. The highest BCUT2D eigenvalue weighted by molar-refractivity contribution is 5.58. The summed E-state index contributed by atoms with van der Waals surface area (Å²) in [6, 6.07) is 0. The van der Waals surface area contributed by atoms with Crippen LogP contribution in [0, 0.1) is 11.3 Å². The highest BCUT2D eigenvalue weighted by atomic mass is 19.3. The molecule has 1 rings (SSSR count). The van der Waals surface area contributed by atoms with Gasteiger partial charge in [-0.1, -0.05) is 13.8 Å². The smallest absolute Gasteiger partial charge is 0.248 e. The third-order valence-electron chi connectivity index (χ3n) is 3.02. The van der Waals surface area contributed by atoms with Crippen LogP contribution in [0.4, 0.5) is 8.78 Å². The number of alkyl halides is 2. The molecule has 0 aromatic rings. The minimum absolute atomic E-state index is 0.0313. The molecule has 0 aliphatic heterocycles. The molecule has 0 aromatic carbocycles. The van der Waals surface area contributed by atoms with Gasteiger partial charge in [0.25, 0.3) is 0 Å². The number of hydrogen-bond acceptors (Lipinski definition) is 1. The zero-order valence-corrected chi connectivity index (χ0v) is 8.15. The number of halogens is 2. The van der Waals surface area contributed by atoms with Gasteiger partial charge in [0.05, 0.1) is 0 Å². The predicted molar refractivity (Wildman–Crippen MR) is 46.8 cm³/mol. The highest BCUT2D eigenvalue weighted by Crippen LogP contribution is 2.47. The van der Waals surface area contributed by atoms with Gasteiger partial charge in [-0.2, -0.15) is 0 Å². The van der Waals surface area contributed by atoms with E-state index < -0.39 is 5.92 Å². The molecule has 1 atom stereocenters. The molecule has 0 spiro atoms. The standard InChI is InChI=1S/C10H16F2O/c1-3-9(2,7-13)4-8-5-10(11,12)6-8/h7-8H,3-6H2,1-2H3. The van der Waals surface area contributed by atoms with Crippen molar-refractivity contribution in [3.05, 3.63) is 0 Å². The maximum Gasteiger partial charge on any atom is 0.248 e. The second kappa shape index (κ2) is 3.35. The van der Waals surface area contributed by atoms with Crippen LogP contribution in [-0.4, -0.2) is 12.2 Å². The molecule has 0 N–H and O–H groups in total. The quantitative estimate of drug-likeness (QED) is 0.623. The molecule has 1 saturated carbocycles. The van der Waals surface area contributed by atoms with Crippen LogP contribution in [0.1, 0.15) is 39.5 Å². The van der Waals surface area contributed by atoms with Crippen LogP contribution >= 0.6 is 0 Å². The monoisotopic (exact) mass is 190 g/mol. The van der Waals surface area contributed by atoms with Gasteiger partial charge in [0.1, 0.15) is 6.29 Å². The van der Waals surface area contributed by atoms with Crippen molar-refractivity contribution in [3.8, 4) is 0 Å². The summed E-state index contributed by atoms with van der Waals surface area (Å²) in [5.41, 5.74) is -0.388. The first-order chi connectivity index (χ1) is 5.91. The summed E-state index contributed by atoms with van der Waals surface area (Å²) in [4.78, 5) is 10.7. The fourth-order valence-electron chi connectivity index (χ4n) is 1.86. The van der Waals surface area contributed by atoms with Crippen molar-refractivity contribution in [2.45, 2.75) is 45.5 Å². The summed E-state index contributed by atoms with van der Waals surface area (Å²) in [6.45, 7) is 3.77. The number of aldehydes is 1. The molecule has 0 bridgehead atoms. The molecular formula is C10H16F2O. The summed E-state index contributed by atoms with van der Waals surface area (Å²) < 4.78 is 25.0. The van der Waals surface area contributed by atoms with Crippen molar-refractivity contribution in [2.75, 3.05) is 0 Å². The van der Waals surface area contributed by atoms with E-state index >= 15 is 0 Å². The molecule has 0 radical (unpaired) electrons. The summed E-state index contributed by atoms with van der Waals surface area (Å²) in [5, 5.41) is 0. The average molecular weight is 190 g/mol. The lowest BCUT2D eigenvalue weighted by Crippen LogP contribution is -2.38. The Morgan fingerprint density at radius 2 is 2.08 bits per heavy atom. The molecule has 3 heteroatoms. The summed E-state index contributed by atoms with van der Waals surface area (Å²) in [5.74, 6) is -2.41. The normalized spacial score (nSPS) is 26.2. The largest absolute Gasteiger partial charge is 0.303 e. The maximum atomic E-state index is 12.5. The van der Waals surface area contributed by atoms with Crippen LogP contribution in [0.25, 0.3) is 0 Å². The zero-order valence-electron chi connectivity index (χ0n) is 8.15. The van der Waals surface area contributed by atoms with Crippen molar-refractivity contribution >= 4 is 6.29 Å². The molecule has 1 nitrogen and oxygen atoms in total. The van der Waals surface area contributed by atoms with E-state index in [9.17, 15) is 13.6 Å². The molecule has 1 aliphatic rings. The van der Waals surface area contributed by atoms with Gasteiger partial charge in [0.15, 0.2) is 0 Å². The average Bonchev–Trinajstić information content (AvgIpc) is 2.01. The zero-order chi connectivity index (χ0) is 10.1. The van der Waals surface area contributed by atoms with E-state index in [4.69, 9.17) is 0 Å². The molecule has 1 fully saturated rings. The lowest BCUT2D eigenvalue weighted by Gasteiger charge is -2.38. The first kappa shape index (κ1) is 10.6. The minimum atomic E-state index is -2.46. The van der Waals surface area contributed by atoms with E-state index in [0.717, 1.165) is 12.7 Å². The van der Waals surface area contributed by atoms with E-state index in [1.165, 1.54) is 0 Å². The van der Waals surface area contributed by atoms with Crippen molar-refractivity contribution in [2.24, 2.45) is 11.3 Å². The molecule has 0 amide bonds. The van der Waals surface area contributed by atoms with Crippen molar-refractivity contribution < 1.29 is 13.6 Å². The van der Waals surface area contributed by atoms with Gasteiger partial charge in [0.2, 0.25) is 5.92 Å². The van der Waals surface area contributed by atoms with Crippen LogP contribution in [0.5, 0.6) is 0 Å². The topological polar surface area (TPSA) is 17.1 Å². The van der Waals surface area contributed by atoms with Gasteiger partial charge in [-0.15, -0.1) is 0 Å². The van der Waals surface area contributed by atoms with Crippen molar-refractivity contribution in [1.29, 1.82) is 0 Å². The second-order valence-electron chi connectivity index (χ2n) is 4.46. The first-order valence-corrected chi connectivity index (χ1v) is 4.75. The number of carbonyl (C=O) groups excluding carboxylic acids is 1. The second-order valence-corrected chi connectivity index (χ2v) is 4.46. The number of rotatable bonds is 4. The van der Waals surface area contributed by atoms with Crippen molar-refractivity contribution in [3.63, 3.8) is 0 Å². The van der Waals surface area contributed by atoms with Gasteiger partial charge in [-0.25, -0.2) is 8.78 Å². The summed E-state index contributed by atoms with van der Waals surface area (Å²) in [6.07, 6.45) is 2.19. The van der Waals surface area contributed by atoms with Gasteiger partial charge < -0.3 is 4.79 Å². The Kier molecular flexibility index (Phi) is 2.74. The van der Waals surface area contributed by atoms with E-state index in [2.05, 4.69) is 0 Å². The minimum Gasteiger partial charge on any atom is -0.303 e. The Morgan fingerprint density at radius 1 is 1.54 bits per heavy atom. The number of hydrogen-bond donors (Lipinski definition) is 0. The Morgan fingerprint density at radius 3 is 2.38 bits per heavy atom. The predicted octanol–water partition coefficient (Wildman–Crippen LogP) is 3.04. The Labute approximate surface area is 77.5 Å². The summed E-state index contributed by atoms with van der Waals surface area (Å²) in [7, 11) is 0. The van der Waals surface area contributed by atoms with Crippen LogP contribution in [0.3, 0.4) is 0 Å².